The first kappa shape index (κ1) is 12.4. The van der Waals surface area contributed by atoms with Gasteiger partial charge in [-0.25, -0.2) is 0 Å². The van der Waals surface area contributed by atoms with E-state index in [1.54, 1.807) is 11.3 Å². The van der Waals surface area contributed by atoms with Crippen LogP contribution in [-0.2, 0) is 11.2 Å². The fourth-order valence-corrected chi connectivity index (χ4v) is 3.17. The summed E-state index contributed by atoms with van der Waals surface area (Å²) in [6, 6.07) is 10.1. The SMILES string of the molecule is NC(c1ccc2c(c1)CCCC(=O)N2)c1cccs1. The van der Waals surface area contributed by atoms with Gasteiger partial charge in [-0.1, -0.05) is 18.2 Å². The van der Waals surface area contributed by atoms with Gasteiger partial charge in [-0.15, -0.1) is 11.3 Å². The Morgan fingerprint density at radius 2 is 2.16 bits per heavy atom. The maximum Gasteiger partial charge on any atom is 0.224 e. The number of aryl methyl sites for hydroxylation is 1. The summed E-state index contributed by atoms with van der Waals surface area (Å²) in [5.41, 5.74) is 9.52. The predicted molar refractivity (Wildman–Crippen MR) is 78.4 cm³/mol. The molecule has 0 spiro atoms. The van der Waals surface area contributed by atoms with Gasteiger partial charge in [-0.2, -0.15) is 0 Å². The monoisotopic (exact) mass is 272 g/mol. The molecule has 98 valence electrons. The van der Waals surface area contributed by atoms with Gasteiger partial charge in [-0.05, 0) is 41.5 Å². The summed E-state index contributed by atoms with van der Waals surface area (Å²) in [7, 11) is 0. The van der Waals surface area contributed by atoms with E-state index in [0.717, 1.165) is 29.0 Å². The molecule has 1 aliphatic rings. The van der Waals surface area contributed by atoms with Crippen LogP contribution in [0.3, 0.4) is 0 Å². The number of rotatable bonds is 2. The fourth-order valence-electron chi connectivity index (χ4n) is 2.42. The highest BCUT2D eigenvalue weighted by Crippen LogP contribution is 2.29. The number of carbonyl (C=O) groups is 1. The van der Waals surface area contributed by atoms with Crippen molar-refractivity contribution >= 4 is 22.9 Å². The van der Waals surface area contributed by atoms with Crippen LogP contribution in [0.1, 0.15) is 34.9 Å². The van der Waals surface area contributed by atoms with Crippen molar-refractivity contribution in [3.8, 4) is 0 Å². The Bertz CT molecular complexity index is 592. The highest BCUT2D eigenvalue weighted by molar-refractivity contribution is 7.10. The van der Waals surface area contributed by atoms with Crippen LogP contribution in [-0.4, -0.2) is 5.91 Å². The Labute approximate surface area is 116 Å². The van der Waals surface area contributed by atoms with E-state index in [2.05, 4.69) is 17.4 Å². The van der Waals surface area contributed by atoms with Gasteiger partial charge in [0.25, 0.3) is 0 Å². The maximum absolute atomic E-state index is 11.5. The number of carbonyl (C=O) groups excluding carboxylic acids is 1. The second-order valence-electron chi connectivity index (χ2n) is 4.81. The standard InChI is InChI=1S/C15H16N2OS/c16-15(13-4-2-8-19-13)11-6-7-12-10(9-11)3-1-5-14(18)17-12/h2,4,6-9,15H,1,3,5,16H2,(H,17,18). The molecule has 4 heteroatoms. The zero-order chi connectivity index (χ0) is 13.2. The highest BCUT2D eigenvalue weighted by atomic mass is 32.1. The van der Waals surface area contributed by atoms with Crippen molar-refractivity contribution in [2.24, 2.45) is 5.73 Å². The van der Waals surface area contributed by atoms with Crippen LogP contribution in [0.25, 0.3) is 0 Å². The first-order valence-electron chi connectivity index (χ1n) is 6.46. The number of hydrogen-bond donors (Lipinski definition) is 2. The lowest BCUT2D eigenvalue weighted by Crippen LogP contribution is -2.12. The molecule has 1 amide bonds. The Morgan fingerprint density at radius 1 is 1.26 bits per heavy atom. The Morgan fingerprint density at radius 3 is 2.95 bits per heavy atom. The molecule has 0 saturated carbocycles. The molecule has 3 N–H and O–H groups in total. The van der Waals surface area contributed by atoms with E-state index in [1.165, 1.54) is 5.56 Å². The second-order valence-corrected chi connectivity index (χ2v) is 5.79. The third-order valence-corrected chi connectivity index (χ3v) is 4.42. The molecule has 2 aromatic rings. The molecular weight excluding hydrogens is 256 g/mol. The zero-order valence-electron chi connectivity index (χ0n) is 10.6. The van der Waals surface area contributed by atoms with Gasteiger partial charge in [0.2, 0.25) is 5.91 Å². The predicted octanol–water partition coefficient (Wildman–Crippen LogP) is 3.07. The third-order valence-electron chi connectivity index (χ3n) is 3.46. The minimum atomic E-state index is -0.0794. The summed E-state index contributed by atoms with van der Waals surface area (Å²) in [5, 5.41) is 4.99. The van der Waals surface area contributed by atoms with E-state index in [1.807, 2.05) is 23.6 Å². The molecule has 0 fully saturated rings. The Balaban J connectivity index is 1.93. The number of hydrogen-bond acceptors (Lipinski definition) is 3. The molecule has 0 saturated heterocycles. The van der Waals surface area contributed by atoms with Gasteiger partial charge in [-0.3, -0.25) is 4.79 Å². The van der Waals surface area contributed by atoms with Crippen molar-refractivity contribution in [3.63, 3.8) is 0 Å². The highest BCUT2D eigenvalue weighted by Gasteiger charge is 2.16. The van der Waals surface area contributed by atoms with Crippen molar-refractivity contribution in [3.05, 3.63) is 51.7 Å². The average molecular weight is 272 g/mol. The molecule has 1 aromatic heterocycles. The van der Waals surface area contributed by atoms with Gasteiger partial charge in [0.05, 0.1) is 6.04 Å². The summed E-state index contributed by atoms with van der Waals surface area (Å²) in [5.74, 6) is 0.106. The molecule has 1 atom stereocenters. The van der Waals surface area contributed by atoms with Crippen LogP contribution in [0.2, 0.25) is 0 Å². The molecule has 1 aliphatic heterocycles. The van der Waals surface area contributed by atoms with Gasteiger partial charge in [0.15, 0.2) is 0 Å². The number of benzene rings is 1. The summed E-state index contributed by atoms with van der Waals surface area (Å²) in [4.78, 5) is 12.7. The van der Waals surface area contributed by atoms with Crippen molar-refractivity contribution in [1.82, 2.24) is 0 Å². The second kappa shape index (κ2) is 5.15. The Hall–Kier alpha value is -1.65. The van der Waals surface area contributed by atoms with Gasteiger partial charge < -0.3 is 11.1 Å². The molecule has 0 bridgehead atoms. The van der Waals surface area contributed by atoms with Crippen LogP contribution >= 0.6 is 11.3 Å². The smallest absolute Gasteiger partial charge is 0.224 e. The van der Waals surface area contributed by atoms with Crippen LogP contribution < -0.4 is 11.1 Å². The van der Waals surface area contributed by atoms with Crippen LogP contribution in [0.4, 0.5) is 5.69 Å². The summed E-state index contributed by atoms with van der Waals surface area (Å²) >= 11 is 1.67. The van der Waals surface area contributed by atoms with Crippen LogP contribution in [0, 0.1) is 0 Å². The van der Waals surface area contributed by atoms with E-state index in [4.69, 9.17) is 5.73 Å². The molecule has 0 aliphatic carbocycles. The molecule has 3 nitrogen and oxygen atoms in total. The lowest BCUT2D eigenvalue weighted by atomic mass is 10.00. The van der Waals surface area contributed by atoms with E-state index in [9.17, 15) is 4.79 Å². The molecule has 2 heterocycles. The van der Waals surface area contributed by atoms with Crippen LogP contribution in [0.5, 0.6) is 0 Å². The number of amides is 1. The van der Waals surface area contributed by atoms with Gasteiger partial charge >= 0.3 is 0 Å². The van der Waals surface area contributed by atoms with Crippen molar-refractivity contribution < 1.29 is 4.79 Å². The quantitative estimate of drug-likeness (QED) is 0.882. The van der Waals surface area contributed by atoms with E-state index in [-0.39, 0.29) is 11.9 Å². The maximum atomic E-state index is 11.5. The summed E-state index contributed by atoms with van der Waals surface area (Å²) in [6.45, 7) is 0. The minimum Gasteiger partial charge on any atom is -0.326 e. The molecule has 1 unspecified atom stereocenters. The van der Waals surface area contributed by atoms with E-state index in [0.29, 0.717) is 6.42 Å². The van der Waals surface area contributed by atoms with Gasteiger partial charge in [0, 0.05) is 17.0 Å². The number of nitrogens with one attached hydrogen (secondary N) is 1. The van der Waals surface area contributed by atoms with Crippen molar-refractivity contribution in [2.45, 2.75) is 25.3 Å². The van der Waals surface area contributed by atoms with Crippen molar-refractivity contribution in [1.29, 1.82) is 0 Å². The van der Waals surface area contributed by atoms with Crippen molar-refractivity contribution in [2.75, 3.05) is 5.32 Å². The number of nitrogens with two attached hydrogens (primary N) is 1. The number of anilines is 1. The van der Waals surface area contributed by atoms with E-state index < -0.39 is 0 Å². The van der Waals surface area contributed by atoms with Crippen LogP contribution in [0.15, 0.2) is 35.7 Å². The Kier molecular flexibility index (Phi) is 3.36. The first-order chi connectivity index (χ1) is 9.24. The third kappa shape index (κ3) is 2.55. The lowest BCUT2D eigenvalue weighted by molar-refractivity contribution is -0.116. The number of thiophene rings is 1. The summed E-state index contributed by atoms with van der Waals surface area (Å²) in [6.07, 6.45) is 2.43. The van der Waals surface area contributed by atoms with Gasteiger partial charge in [0.1, 0.15) is 0 Å². The minimum absolute atomic E-state index is 0.0794. The fraction of sp³-hybridized carbons (Fsp3) is 0.267. The van der Waals surface area contributed by atoms with E-state index >= 15 is 0 Å². The topological polar surface area (TPSA) is 55.1 Å². The molecular formula is C15H16N2OS. The largest absolute Gasteiger partial charge is 0.326 e. The zero-order valence-corrected chi connectivity index (χ0v) is 11.4. The molecule has 19 heavy (non-hydrogen) atoms. The first-order valence-corrected chi connectivity index (χ1v) is 7.33. The number of fused-ring (bicyclic) bond motifs is 1. The molecule has 3 rings (SSSR count). The molecule has 1 aromatic carbocycles. The normalized spacial score (nSPS) is 16.4. The summed E-state index contributed by atoms with van der Waals surface area (Å²) < 4.78 is 0. The average Bonchev–Trinajstić information content (AvgIpc) is 2.87. The molecule has 0 radical (unpaired) electrons. The lowest BCUT2D eigenvalue weighted by Gasteiger charge is -2.14.